The van der Waals surface area contributed by atoms with E-state index in [1.807, 2.05) is 6.07 Å². The Hall–Kier alpha value is -1.58. The van der Waals surface area contributed by atoms with E-state index in [-0.39, 0.29) is 5.82 Å². The van der Waals surface area contributed by atoms with E-state index in [1.165, 1.54) is 6.07 Å². The van der Waals surface area contributed by atoms with E-state index in [9.17, 15) is 4.39 Å². The van der Waals surface area contributed by atoms with Crippen molar-refractivity contribution >= 4 is 5.96 Å². The van der Waals surface area contributed by atoms with E-state index in [1.54, 1.807) is 12.1 Å². The van der Waals surface area contributed by atoms with Crippen molar-refractivity contribution in [3.63, 3.8) is 0 Å². The van der Waals surface area contributed by atoms with Crippen LogP contribution < -0.4 is 10.6 Å². The minimum atomic E-state index is -0.155. The Morgan fingerprint density at radius 3 is 3.06 bits per heavy atom. The number of benzene rings is 1. The SMILES string of the molecule is CC1CN=C(N[C@@H]2C[C@H]2c2cccc(F)c2)N1. The summed E-state index contributed by atoms with van der Waals surface area (Å²) in [6.45, 7) is 2.94. The quantitative estimate of drug-likeness (QED) is 0.814. The summed E-state index contributed by atoms with van der Waals surface area (Å²) in [6, 6.07) is 7.68. The molecule has 2 N–H and O–H groups in total. The maximum absolute atomic E-state index is 13.1. The highest BCUT2D eigenvalue weighted by Crippen LogP contribution is 2.40. The van der Waals surface area contributed by atoms with Gasteiger partial charge >= 0.3 is 0 Å². The first-order chi connectivity index (χ1) is 8.22. The van der Waals surface area contributed by atoms with Crippen molar-refractivity contribution in [3.8, 4) is 0 Å². The zero-order chi connectivity index (χ0) is 11.8. The molecular weight excluding hydrogens is 217 g/mol. The first-order valence-corrected chi connectivity index (χ1v) is 6.05. The molecule has 1 aromatic carbocycles. The van der Waals surface area contributed by atoms with Gasteiger partial charge in [-0.05, 0) is 31.0 Å². The molecule has 0 radical (unpaired) electrons. The van der Waals surface area contributed by atoms with E-state index in [0.717, 1.165) is 24.5 Å². The number of nitrogens with zero attached hydrogens (tertiary/aromatic N) is 1. The van der Waals surface area contributed by atoms with Crippen molar-refractivity contribution < 1.29 is 4.39 Å². The Kier molecular flexibility index (Phi) is 2.50. The predicted molar refractivity (Wildman–Crippen MR) is 65.6 cm³/mol. The average Bonchev–Trinajstić information content (AvgIpc) is 2.94. The lowest BCUT2D eigenvalue weighted by Crippen LogP contribution is -2.39. The molecule has 3 rings (SSSR count). The molecule has 1 aliphatic carbocycles. The summed E-state index contributed by atoms with van der Waals surface area (Å²) in [5, 5.41) is 6.64. The number of hydrogen-bond acceptors (Lipinski definition) is 3. The topological polar surface area (TPSA) is 36.4 Å². The lowest BCUT2D eigenvalue weighted by atomic mass is 10.1. The molecule has 1 unspecified atom stereocenters. The van der Waals surface area contributed by atoms with Crippen molar-refractivity contribution in [3.05, 3.63) is 35.6 Å². The number of rotatable bonds is 2. The van der Waals surface area contributed by atoms with Crippen molar-refractivity contribution in [1.82, 2.24) is 10.6 Å². The van der Waals surface area contributed by atoms with E-state index in [4.69, 9.17) is 0 Å². The van der Waals surface area contributed by atoms with Gasteiger partial charge < -0.3 is 10.6 Å². The number of hydrogen-bond donors (Lipinski definition) is 2. The third-order valence-electron chi connectivity index (χ3n) is 3.30. The molecule has 1 fully saturated rings. The molecule has 17 heavy (non-hydrogen) atoms. The van der Waals surface area contributed by atoms with Gasteiger partial charge in [-0.1, -0.05) is 12.1 Å². The first kappa shape index (κ1) is 10.6. The Labute approximate surface area is 100 Å². The average molecular weight is 233 g/mol. The second-order valence-electron chi connectivity index (χ2n) is 4.88. The van der Waals surface area contributed by atoms with Crippen LogP contribution >= 0.6 is 0 Å². The summed E-state index contributed by atoms with van der Waals surface area (Å²) in [4.78, 5) is 4.36. The number of halogens is 1. The summed E-state index contributed by atoms with van der Waals surface area (Å²) < 4.78 is 13.1. The molecule has 0 amide bonds. The fourth-order valence-electron chi connectivity index (χ4n) is 2.28. The van der Waals surface area contributed by atoms with Crippen LogP contribution in [-0.4, -0.2) is 24.6 Å². The normalized spacial score (nSPS) is 30.7. The van der Waals surface area contributed by atoms with Crippen LogP contribution in [0.2, 0.25) is 0 Å². The Bertz CT molecular complexity index is 458. The molecule has 90 valence electrons. The predicted octanol–water partition coefficient (Wildman–Crippen LogP) is 1.62. The van der Waals surface area contributed by atoms with Gasteiger partial charge in [0.2, 0.25) is 0 Å². The zero-order valence-corrected chi connectivity index (χ0v) is 9.78. The maximum Gasteiger partial charge on any atom is 0.191 e. The third kappa shape index (κ3) is 2.25. The smallest absolute Gasteiger partial charge is 0.191 e. The summed E-state index contributed by atoms with van der Waals surface area (Å²) in [5.74, 6) is 1.16. The van der Waals surface area contributed by atoms with Crippen molar-refractivity contribution in [1.29, 1.82) is 0 Å². The van der Waals surface area contributed by atoms with Gasteiger partial charge in [0.15, 0.2) is 5.96 Å². The van der Waals surface area contributed by atoms with Gasteiger partial charge in [-0.15, -0.1) is 0 Å². The minimum Gasteiger partial charge on any atom is -0.353 e. The van der Waals surface area contributed by atoms with Gasteiger partial charge in [-0.25, -0.2) is 4.39 Å². The molecule has 4 heteroatoms. The van der Waals surface area contributed by atoms with Crippen LogP contribution in [0.25, 0.3) is 0 Å². The van der Waals surface area contributed by atoms with E-state index < -0.39 is 0 Å². The Morgan fingerprint density at radius 1 is 1.47 bits per heavy atom. The lowest BCUT2D eigenvalue weighted by molar-refractivity contribution is 0.625. The first-order valence-electron chi connectivity index (χ1n) is 6.05. The van der Waals surface area contributed by atoms with Crippen LogP contribution in [-0.2, 0) is 0 Å². The maximum atomic E-state index is 13.1. The number of aliphatic imine (C=N–C) groups is 1. The number of guanidine groups is 1. The Morgan fingerprint density at radius 2 is 2.35 bits per heavy atom. The molecule has 1 heterocycles. The molecule has 0 spiro atoms. The highest BCUT2D eigenvalue weighted by Gasteiger charge is 2.39. The molecule has 2 aliphatic rings. The fourth-order valence-corrected chi connectivity index (χ4v) is 2.28. The van der Waals surface area contributed by atoms with Crippen molar-refractivity contribution in [2.24, 2.45) is 4.99 Å². The molecule has 3 nitrogen and oxygen atoms in total. The number of nitrogens with one attached hydrogen (secondary N) is 2. The van der Waals surface area contributed by atoms with Gasteiger partial charge in [0.05, 0.1) is 6.54 Å². The van der Waals surface area contributed by atoms with Crippen molar-refractivity contribution in [2.75, 3.05) is 6.54 Å². The Balaban J connectivity index is 1.60. The van der Waals surface area contributed by atoms with Gasteiger partial charge in [0, 0.05) is 18.0 Å². The van der Waals surface area contributed by atoms with Crippen LogP contribution in [0.5, 0.6) is 0 Å². The minimum absolute atomic E-state index is 0.155. The largest absolute Gasteiger partial charge is 0.353 e. The van der Waals surface area contributed by atoms with Crippen LogP contribution in [0.4, 0.5) is 4.39 Å². The highest BCUT2D eigenvalue weighted by atomic mass is 19.1. The van der Waals surface area contributed by atoms with Gasteiger partial charge in [0.1, 0.15) is 5.82 Å². The molecule has 0 aromatic heterocycles. The molecule has 0 saturated heterocycles. The van der Waals surface area contributed by atoms with E-state index >= 15 is 0 Å². The third-order valence-corrected chi connectivity index (χ3v) is 3.30. The molecule has 3 atom stereocenters. The fraction of sp³-hybridized carbons (Fsp3) is 0.462. The van der Waals surface area contributed by atoms with Gasteiger partial charge in [-0.3, -0.25) is 4.99 Å². The highest BCUT2D eigenvalue weighted by molar-refractivity contribution is 5.82. The van der Waals surface area contributed by atoms with Crippen LogP contribution in [0.3, 0.4) is 0 Å². The summed E-state index contributed by atoms with van der Waals surface area (Å²) >= 11 is 0. The van der Waals surface area contributed by atoms with Gasteiger partial charge in [-0.2, -0.15) is 0 Å². The molecule has 1 aromatic rings. The summed E-state index contributed by atoms with van der Waals surface area (Å²) in [7, 11) is 0. The summed E-state index contributed by atoms with van der Waals surface area (Å²) in [6.07, 6.45) is 1.05. The zero-order valence-electron chi connectivity index (χ0n) is 9.78. The molecular formula is C13H16FN3. The van der Waals surface area contributed by atoms with Crippen molar-refractivity contribution in [2.45, 2.75) is 31.3 Å². The van der Waals surface area contributed by atoms with Crippen LogP contribution in [0, 0.1) is 5.82 Å². The summed E-state index contributed by atoms with van der Waals surface area (Å²) in [5.41, 5.74) is 1.08. The standard InChI is InChI=1S/C13H16FN3/c1-8-7-15-13(16-8)17-12-6-11(12)9-3-2-4-10(14)5-9/h2-5,8,11-12H,6-7H2,1H3,(H2,15,16,17)/t8?,11-,12+/m0/s1. The molecule has 1 aliphatic heterocycles. The monoisotopic (exact) mass is 233 g/mol. The van der Waals surface area contributed by atoms with Gasteiger partial charge in [0.25, 0.3) is 0 Å². The molecule has 0 bridgehead atoms. The van der Waals surface area contributed by atoms with E-state index in [0.29, 0.717) is 18.0 Å². The van der Waals surface area contributed by atoms with Crippen LogP contribution in [0.1, 0.15) is 24.8 Å². The molecule has 1 saturated carbocycles. The lowest BCUT2D eigenvalue weighted by Gasteiger charge is -2.08. The van der Waals surface area contributed by atoms with E-state index in [2.05, 4.69) is 22.5 Å². The van der Waals surface area contributed by atoms with Crippen LogP contribution in [0.15, 0.2) is 29.3 Å². The second kappa shape index (κ2) is 4.02. The second-order valence-corrected chi connectivity index (χ2v) is 4.88.